The van der Waals surface area contributed by atoms with Crippen LogP contribution in [0.5, 0.6) is 5.75 Å². The molecule has 0 aliphatic rings. The molecule has 1 aromatic rings. The molecule has 1 N–H and O–H groups in total. The van der Waals surface area contributed by atoms with Gasteiger partial charge in [0.15, 0.2) is 0 Å². The van der Waals surface area contributed by atoms with Gasteiger partial charge < -0.3 is 15.0 Å². The van der Waals surface area contributed by atoms with E-state index >= 15 is 0 Å². The molecule has 0 bridgehead atoms. The first-order valence-electron chi connectivity index (χ1n) is 6.69. The SMILES string of the molecule is CC(C)CCOc1cccc(NCCN(C)C)c1. The maximum absolute atomic E-state index is 5.73. The molecule has 18 heavy (non-hydrogen) atoms. The van der Waals surface area contributed by atoms with Crippen molar-refractivity contribution in [2.24, 2.45) is 5.92 Å². The zero-order valence-electron chi connectivity index (χ0n) is 12.1. The van der Waals surface area contributed by atoms with E-state index in [4.69, 9.17) is 4.74 Å². The van der Waals surface area contributed by atoms with Crippen LogP contribution in [0.4, 0.5) is 5.69 Å². The first-order chi connectivity index (χ1) is 8.58. The zero-order chi connectivity index (χ0) is 13.4. The second-order valence-electron chi connectivity index (χ2n) is 5.29. The van der Waals surface area contributed by atoms with E-state index in [-0.39, 0.29) is 0 Å². The molecule has 0 saturated carbocycles. The van der Waals surface area contributed by atoms with Gasteiger partial charge in [0.2, 0.25) is 0 Å². The standard InChI is InChI=1S/C15H26N2O/c1-13(2)8-11-18-15-7-5-6-14(12-15)16-9-10-17(3)4/h5-7,12-13,16H,8-11H2,1-4H3. The Morgan fingerprint density at radius 2 is 2.06 bits per heavy atom. The molecule has 0 spiro atoms. The van der Waals surface area contributed by atoms with Gasteiger partial charge in [-0.15, -0.1) is 0 Å². The molecule has 0 radical (unpaired) electrons. The highest BCUT2D eigenvalue weighted by atomic mass is 16.5. The predicted molar refractivity (Wildman–Crippen MR) is 78.4 cm³/mol. The molecule has 3 nitrogen and oxygen atoms in total. The number of likely N-dealkylation sites (N-methyl/N-ethyl adjacent to an activating group) is 1. The van der Waals surface area contributed by atoms with Gasteiger partial charge in [0.1, 0.15) is 5.75 Å². The van der Waals surface area contributed by atoms with Gasteiger partial charge in [-0.05, 0) is 38.6 Å². The normalized spacial score (nSPS) is 11.0. The smallest absolute Gasteiger partial charge is 0.121 e. The maximum atomic E-state index is 5.73. The molecule has 0 amide bonds. The molecule has 0 unspecified atom stereocenters. The topological polar surface area (TPSA) is 24.5 Å². The van der Waals surface area contributed by atoms with Gasteiger partial charge in [-0.2, -0.15) is 0 Å². The number of rotatable bonds is 8. The van der Waals surface area contributed by atoms with E-state index in [1.165, 1.54) is 0 Å². The first kappa shape index (κ1) is 14.8. The van der Waals surface area contributed by atoms with E-state index < -0.39 is 0 Å². The first-order valence-corrected chi connectivity index (χ1v) is 6.69. The average molecular weight is 250 g/mol. The Morgan fingerprint density at radius 3 is 2.72 bits per heavy atom. The van der Waals surface area contributed by atoms with Crippen LogP contribution in [0.3, 0.4) is 0 Å². The Morgan fingerprint density at radius 1 is 1.28 bits per heavy atom. The maximum Gasteiger partial charge on any atom is 0.121 e. The average Bonchev–Trinajstić information content (AvgIpc) is 2.28. The van der Waals surface area contributed by atoms with Crippen LogP contribution in [0.15, 0.2) is 24.3 Å². The quantitative estimate of drug-likeness (QED) is 0.767. The lowest BCUT2D eigenvalue weighted by Gasteiger charge is -2.13. The summed E-state index contributed by atoms with van der Waals surface area (Å²) in [6.45, 7) is 7.19. The van der Waals surface area contributed by atoms with Gasteiger partial charge in [-0.3, -0.25) is 0 Å². The monoisotopic (exact) mass is 250 g/mol. The summed E-state index contributed by atoms with van der Waals surface area (Å²) in [5.41, 5.74) is 1.12. The lowest BCUT2D eigenvalue weighted by atomic mass is 10.1. The van der Waals surface area contributed by atoms with Crippen LogP contribution in [-0.4, -0.2) is 38.7 Å². The van der Waals surface area contributed by atoms with Crippen LogP contribution in [0.1, 0.15) is 20.3 Å². The third-order valence-corrected chi connectivity index (χ3v) is 2.69. The van der Waals surface area contributed by atoms with Gasteiger partial charge in [0.25, 0.3) is 0 Å². The number of hydrogen-bond donors (Lipinski definition) is 1. The minimum Gasteiger partial charge on any atom is -0.494 e. The molecule has 0 atom stereocenters. The number of nitrogens with zero attached hydrogens (tertiary/aromatic N) is 1. The third-order valence-electron chi connectivity index (χ3n) is 2.69. The van der Waals surface area contributed by atoms with Crippen LogP contribution in [-0.2, 0) is 0 Å². The molecule has 1 aromatic carbocycles. The van der Waals surface area contributed by atoms with Gasteiger partial charge in [-0.1, -0.05) is 19.9 Å². The summed E-state index contributed by atoms with van der Waals surface area (Å²) >= 11 is 0. The summed E-state index contributed by atoms with van der Waals surface area (Å²) in [6, 6.07) is 8.18. The summed E-state index contributed by atoms with van der Waals surface area (Å²) < 4.78 is 5.73. The molecule has 3 heteroatoms. The second-order valence-corrected chi connectivity index (χ2v) is 5.29. The fourth-order valence-corrected chi connectivity index (χ4v) is 1.53. The predicted octanol–water partition coefficient (Wildman–Crippen LogP) is 3.09. The fourth-order valence-electron chi connectivity index (χ4n) is 1.53. The number of benzene rings is 1. The molecule has 0 aromatic heterocycles. The van der Waals surface area contributed by atoms with E-state index in [1.807, 2.05) is 12.1 Å². The molecule has 1 rings (SSSR count). The number of ether oxygens (including phenoxy) is 1. The lowest BCUT2D eigenvalue weighted by Crippen LogP contribution is -2.20. The van der Waals surface area contributed by atoms with Crippen LogP contribution < -0.4 is 10.1 Å². The Kier molecular flexibility index (Phi) is 6.58. The largest absolute Gasteiger partial charge is 0.494 e. The Labute approximate surface area is 111 Å². The van der Waals surface area contributed by atoms with Crippen molar-refractivity contribution in [2.75, 3.05) is 39.1 Å². The molecule has 0 saturated heterocycles. The summed E-state index contributed by atoms with van der Waals surface area (Å²) in [6.07, 6.45) is 1.10. The van der Waals surface area contributed by atoms with Gasteiger partial charge in [0, 0.05) is 24.8 Å². The van der Waals surface area contributed by atoms with Crippen molar-refractivity contribution < 1.29 is 4.74 Å². The minimum absolute atomic E-state index is 0.686. The van der Waals surface area contributed by atoms with E-state index in [9.17, 15) is 0 Å². The van der Waals surface area contributed by atoms with Crippen molar-refractivity contribution >= 4 is 5.69 Å². The van der Waals surface area contributed by atoms with Crippen LogP contribution >= 0.6 is 0 Å². The molecular weight excluding hydrogens is 224 g/mol. The minimum atomic E-state index is 0.686. The molecule has 0 heterocycles. The van der Waals surface area contributed by atoms with Crippen molar-refractivity contribution in [3.05, 3.63) is 24.3 Å². The molecule has 0 aliphatic heterocycles. The number of anilines is 1. The lowest BCUT2D eigenvalue weighted by molar-refractivity contribution is 0.289. The summed E-state index contributed by atoms with van der Waals surface area (Å²) in [5, 5.41) is 3.39. The van der Waals surface area contributed by atoms with Crippen molar-refractivity contribution in [2.45, 2.75) is 20.3 Å². The molecule has 0 fully saturated rings. The van der Waals surface area contributed by atoms with E-state index in [1.54, 1.807) is 0 Å². The summed E-state index contributed by atoms with van der Waals surface area (Å²) in [4.78, 5) is 2.16. The van der Waals surface area contributed by atoms with E-state index in [0.29, 0.717) is 5.92 Å². The Hall–Kier alpha value is -1.22. The van der Waals surface area contributed by atoms with Crippen LogP contribution in [0.25, 0.3) is 0 Å². The van der Waals surface area contributed by atoms with Crippen molar-refractivity contribution in [1.82, 2.24) is 4.90 Å². The highest BCUT2D eigenvalue weighted by molar-refractivity contribution is 5.48. The zero-order valence-corrected chi connectivity index (χ0v) is 12.1. The van der Waals surface area contributed by atoms with E-state index in [0.717, 1.165) is 37.6 Å². The molecular formula is C15H26N2O. The van der Waals surface area contributed by atoms with Crippen molar-refractivity contribution in [3.8, 4) is 5.75 Å². The van der Waals surface area contributed by atoms with Crippen LogP contribution in [0, 0.1) is 5.92 Å². The molecule has 0 aliphatic carbocycles. The molecule has 102 valence electrons. The van der Waals surface area contributed by atoms with Gasteiger partial charge in [0.05, 0.1) is 6.61 Å². The second kappa shape index (κ2) is 7.98. The summed E-state index contributed by atoms with van der Waals surface area (Å²) in [7, 11) is 4.15. The van der Waals surface area contributed by atoms with Crippen molar-refractivity contribution in [1.29, 1.82) is 0 Å². The highest BCUT2D eigenvalue weighted by Gasteiger charge is 1.98. The van der Waals surface area contributed by atoms with E-state index in [2.05, 4.69) is 50.3 Å². The summed E-state index contributed by atoms with van der Waals surface area (Å²) in [5.74, 6) is 1.64. The Bertz CT molecular complexity index is 308. The third kappa shape index (κ3) is 6.50. The van der Waals surface area contributed by atoms with Crippen LogP contribution in [0.2, 0.25) is 0 Å². The number of nitrogens with one attached hydrogen (secondary N) is 1. The Balaban J connectivity index is 2.36. The van der Waals surface area contributed by atoms with Crippen molar-refractivity contribution in [3.63, 3.8) is 0 Å². The van der Waals surface area contributed by atoms with Gasteiger partial charge >= 0.3 is 0 Å². The highest BCUT2D eigenvalue weighted by Crippen LogP contribution is 2.17. The number of hydrogen-bond acceptors (Lipinski definition) is 3. The van der Waals surface area contributed by atoms with Gasteiger partial charge in [-0.25, -0.2) is 0 Å². The fraction of sp³-hybridized carbons (Fsp3) is 0.600.